The van der Waals surface area contributed by atoms with E-state index in [1.807, 2.05) is 0 Å². The van der Waals surface area contributed by atoms with Gasteiger partial charge in [0.2, 0.25) is 5.92 Å². The summed E-state index contributed by atoms with van der Waals surface area (Å²) in [6, 6.07) is 0. The van der Waals surface area contributed by atoms with Crippen LogP contribution in [0, 0.1) is 0 Å². The van der Waals surface area contributed by atoms with Gasteiger partial charge in [-0.05, 0) is 12.8 Å². The maximum atomic E-state index is 13.4. The number of aryl methyl sites for hydroxylation is 1. The summed E-state index contributed by atoms with van der Waals surface area (Å²) in [5.74, 6) is -3.17. The van der Waals surface area contributed by atoms with Crippen molar-refractivity contribution in [3.8, 4) is 0 Å². The van der Waals surface area contributed by atoms with E-state index < -0.39 is 17.3 Å². The number of methoxy groups -OCH3 is 1. The normalized spacial score (nSPS) is 20.6. The number of carbonyl (C=O) groups excluding carboxylic acids is 1. The fourth-order valence-corrected chi connectivity index (χ4v) is 2.96. The molecule has 7 heteroatoms. The first kappa shape index (κ1) is 14.9. The molecule has 0 aliphatic heterocycles. The molecule has 0 unspecified atom stereocenters. The fraction of sp³-hybridized carbons (Fsp3) is 0.692. The van der Waals surface area contributed by atoms with Gasteiger partial charge < -0.3 is 10.5 Å². The third-order valence-corrected chi connectivity index (χ3v) is 4.18. The molecule has 0 saturated heterocycles. The van der Waals surface area contributed by atoms with Gasteiger partial charge in [-0.15, -0.1) is 0 Å². The Bertz CT molecular complexity index is 504. The van der Waals surface area contributed by atoms with Gasteiger partial charge in [0.1, 0.15) is 5.56 Å². The Kier molecular flexibility index (Phi) is 3.82. The van der Waals surface area contributed by atoms with Crippen molar-refractivity contribution >= 4 is 5.97 Å². The van der Waals surface area contributed by atoms with Crippen molar-refractivity contribution in [3.63, 3.8) is 0 Å². The van der Waals surface area contributed by atoms with Gasteiger partial charge >= 0.3 is 5.97 Å². The van der Waals surface area contributed by atoms with Crippen LogP contribution in [0.5, 0.6) is 0 Å². The van der Waals surface area contributed by atoms with Crippen LogP contribution in [0.2, 0.25) is 0 Å². The molecule has 0 amide bonds. The number of nitrogens with two attached hydrogens (primary N) is 1. The lowest BCUT2D eigenvalue weighted by Gasteiger charge is -2.39. The summed E-state index contributed by atoms with van der Waals surface area (Å²) in [4.78, 5) is 11.8. The van der Waals surface area contributed by atoms with Crippen molar-refractivity contribution in [3.05, 3.63) is 17.5 Å². The molecular weight excluding hydrogens is 268 g/mol. The van der Waals surface area contributed by atoms with Gasteiger partial charge in [-0.3, -0.25) is 4.68 Å². The summed E-state index contributed by atoms with van der Waals surface area (Å²) in [5, 5.41) is 4.06. The monoisotopic (exact) mass is 287 g/mol. The Morgan fingerprint density at radius 1 is 1.45 bits per heavy atom. The molecule has 0 atom stereocenters. The van der Waals surface area contributed by atoms with Crippen molar-refractivity contribution in [1.82, 2.24) is 9.78 Å². The molecule has 0 spiro atoms. The number of nitrogens with zero attached hydrogens (tertiary/aromatic N) is 2. The zero-order valence-corrected chi connectivity index (χ0v) is 11.7. The quantitative estimate of drug-likeness (QED) is 0.857. The molecule has 1 aromatic heterocycles. The van der Waals surface area contributed by atoms with E-state index in [0.29, 0.717) is 11.3 Å². The Morgan fingerprint density at radius 2 is 2.05 bits per heavy atom. The predicted molar refractivity (Wildman–Crippen MR) is 68.7 cm³/mol. The van der Waals surface area contributed by atoms with Gasteiger partial charge in [-0.25, -0.2) is 13.6 Å². The van der Waals surface area contributed by atoms with E-state index in [2.05, 4.69) is 5.10 Å². The van der Waals surface area contributed by atoms with Crippen LogP contribution in [0.3, 0.4) is 0 Å². The molecule has 1 heterocycles. The van der Waals surface area contributed by atoms with Gasteiger partial charge in [0.25, 0.3) is 0 Å². The summed E-state index contributed by atoms with van der Waals surface area (Å²) in [6.07, 6.45) is 1.43. The summed E-state index contributed by atoms with van der Waals surface area (Å²) >= 11 is 0. The maximum Gasteiger partial charge on any atom is 0.341 e. The molecule has 0 aromatic carbocycles. The highest BCUT2D eigenvalue weighted by Crippen LogP contribution is 2.45. The number of esters is 1. The Labute approximate surface area is 116 Å². The first-order valence-electron chi connectivity index (χ1n) is 6.54. The van der Waals surface area contributed by atoms with E-state index in [9.17, 15) is 13.6 Å². The second-order valence-electron chi connectivity index (χ2n) is 5.36. The minimum atomic E-state index is -2.65. The van der Waals surface area contributed by atoms with Crippen molar-refractivity contribution in [2.24, 2.45) is 12.8 Å². The van der Waals surface area contributed by atoms with Gasteiger partial charge in [-0.1, -0.05) is 0 Å². The van der Waals surface area contributed by atoms with Crippen LogP contribution in [0.25, 0.3) is 0 Å². The van der Waals surface area contributed by atoms with Crippen LogP contribution in [-0.2, 0) is 17.2 Å². The topological polar surface area (TPSA) is 70.1 Å². The van der Waals surface area contributed by atoms with Crippen LogP contribution in [0.4, 0.5) is 8.78 Å². The van der Waals surface area contributed by atoms with Gasteiger partial charge in [0.15, 0.2) is 0 Å². The number of ether oxygens (including phenoxy) is 1. The fourth-order valence-electron chi connectivity index (χ4n) is 2.96. The number of aromatic nitrogens is 2. The van der Waals surface area contributed by atoms with Crippen LogP contribution < -0.4 is 5.73 Å². The largest absolute Gasteiger partial charge is 0.465 e. The van der Waals surface area contributed by atoms with E-state index in [1.165, 1.54) is 13.3 Å². The zero-order chi connectivity index (χ0) is 15.0. The second kappa shape index (κ2) is 5.12. The molecular formula is C13H19F2N3O2. The number of carbonyl (C=O) groups is 1. The lowest BCUT2D eigenvalue weighted by atomic mass is 9.69. The zero-order valence-electron chi connectivity index (χ0n) is 11.7. The summed E-state index contributed by atoms with van der Waals surface area (Å²) in [6.45, 7) is 0.201. The van der Waals surface area contributed by atoms with Crippen molar-refractivity contribution in [2.45, 2.75) is 37.0 Å². The molecule has 0 bridgehead atoms. The minimum Gasteiger partial charge on any atom is -0.465 e. The molecule has 1 aromatic rings. The number of rotatable bonds is 3. The summed E-state index contributed by atoms with van der Waals surface area (Å²) in [5.41, 5.74) is 6.13. The van der Waals surface area contributed by atoms with Crippen molar-refractivity contribution < 1.29 is 18.3 Å². The van der Waals surface area contributed by atoms with Crippen molar-refractivity contribution in [2.75, 3.05) is 13.7 Å². The second-order valence-corrected chi connectivity index (χ2v) is 5.36. The number of hydrogen-bond donors (Lipinski definition) is 1. The van der Waals surface area contributed by atoms with E-state index in [4.69, 9.17) is 10.5 Å². The first-order valence-corrected chi connectivity index (χ1v) is 6.54. The number of alkyl halides is 2. The number of halogens is 2. The summed E-state index contributed by atoms with van der Waals surface area (Å²) in [7, 11) is 2.97. The molecule has 1 saturated carbocycles. The molecule has 1 fully saturated rings. The van der Waals surface area contributed by atoms with Crippen molar-refractivity contribution in [1.29, 1.82) is 0 Å². The molecule has 0 radical (unpaired) electrons. The molecule has 1 aliphatic carbocycles. The smallest absolute Gasteiger partial charge is 0.341 e. The first-order chi connectivity index (χ1) is 9.35. The SMILES string of the molecule is COC(=O)c1cnn(C)c1C1(CN)CCC(F)(F)CC1. The predicted octanol–water partition coefficient (Wildman–Crippen LogP) is 1.61. The average molecular weight is 287 g/mol. The van der Waals surface area contributed by atoms with E-state index >= 15 is 0 Å². The highest BCUT2D eigenvalue weighted by Gasteiger charge is 2.46. The molecule has 2 rings (SSSR count). The Hall–Kier alpha value is -1.50. The lowest BCUT2D eigenvalue weighted by Crippen LogP contribution is -2.44. The van der Waals surface area contributed by atoms with Gasteiger partial charge in [0, 0.05) is 31.8 Å². The van der Waals surface area contributed by atoms with E-state index in [0.717, 1.165) is 0 Å². The van der Waals surface area contributed by atoms with Crippen LogP contribution >= 0.6 is 0 Å². The third kappa shape index (κ3) is 2.42. The molecule has 112 valence electrons. The van der Waals surface area contributed by atoms with Gasteiger partial charge in [-0.2, -0.15) is 5.10 Å². The Balaban J connectivity index is 2.43. The van der Waals surface area contributed by atoms with E-state index in [1.54, 1.807) is 11.7 Å². The van der Waals surface area contributed by atoms with Crippen LogP contribution in [0.15, 0.2) is 6.20 Å². The lowest BCUT2D eigenvalue weighted by molar-refractivity contribution is -0.0519. The van der Waals surface area contributed by atoms with E-state index in [-0.39, 0.29) is 32.2 Å². The average Bonchev–Trinajstić information content (AvgIpc) is 2.81. The third-order valence-electron chi connectivity index (χ3n) is 4.18. The van der Waals surface area contributed by atoms with Crippen LogP contribution in [-0.4, -0.2) is 35.3 Å². The number of hydrogen-bond acceptors (Lipinski definition) is 4. The standard InChI is InChI=1S/C13H19F2N3O2/c1-18-10(9(7-17-18)11(19)20-2)12(8-16)3-5-13(14,15)6-4-12/h7H,3-6,8,16H2,1-2H3. The van der Waals surface area contributed by atoms with Crippen LogP contribution in [0.1, 0.15) is 41.7 Å². The molecule has 5 nitrogen and oxygen atoms in total. The summed E-state index contributed by atoms with van der Waals surface area (Å²) < 4.78 is 33.1. The molecule has 2 N–H and O–H groups in total. The Morgan fingerprint density at radius 3 is 2.55 bits per heavy atom. The molecule has 1 aliphatic rings. The maximum absolute atomic E-state index is 13.4. The van der Waals surface area contributed by atoms with Gasteiger partial charge in [0.05, 0.1) is 19.0 Å². The highest BCUT2D eigenvalue weighted by molar-refractivity contribution is 5.90. The highest BCUT2D eigenvalue weighted by atomic mass is 19.3. The molecule has 20 heavy (non-hydrogen) atoms. The minimum absolute atomic E-state index is 0.201.